The van der Waals surface area contributed by atoms with Crippen molar-refractivity contribution in [2.45, 2.75) is 39.0 Å². The number of nitriles is 1. The molecule has 1 spiro atoms. The van der Waals surface area contributed by atoms with Crippen molar-refractivity contribution in [1.29, 1.82) is 5.26 Å². The molecule has 3 aliphatic carbocycles. The molecular weight excluding hydrogens is 474 g/mol. The van der Waals surface area contributed by atoms with Crippen molar-refractivity contribution in [2.24, 2.45) is 16.7 Å². The number of benzene rings is 1. The highest BCUT2D eigenvalue weighted by Gasteiger charge is 2.55. The van der Waals surface area contributed by atoms with Crippen molar-refractivity contribution in [1.82, 2.24) is 14.9 Å². The third-order valence-corrected chi connectivity index (χ3v) is 9.93. The summed E-state index contributed by atoms with van der Waals surface area (Å²) in [6.07, 6.45) is 6.08. The Kier molecular flexibility index (Phi) is 4.76. The molecular formula is C31H31N5O2. The molecule has 0 radical (unpaired) electrons. The molecule has 192 valence electrons. The van der Waals surface area contributed by atoms with Gasteiger partial charge in [0.1, 0.15) is 23.2 Å². The molecule has 2 aromatic heterocycles. The highest BCUT2D eigenvalue weighted by molar-refractivity contribution is 5.99. The number of likely N-dealkylation sites (tertiary alicyclic amines) is 1. The van der Waals surface area contributed by atoms with Gasteiger partial charge >= 0.3 is 0 Å². The Balaban J connectivity index is 1.40. The fourth-order valence-corrected chi connectivity index (χ4v) is 7.62. The van der Waals surface area contributed by atoms with E-state index in [9.17, 15) is 15.2 Å². The highest BCUT2D eigenvalue weighted by atomic mass is 16.3. The molecule has 2 atom stereocenters. The van der Waals surface area contributed by atoms with Crippen LogP contribution in [0.25, 0.3) is 22.0 Å². The maximum atomic E-state index is 12.1. The van der Waals surface area contributed by atoms with Crippen LogP contribution in [0.15, 0.2) is 43.1 Å². The molecule has 2 saturated heterocycles. The Hall–Kier alpha value is -3.92. The number of rotatable bonds is 3. The molecule has 1 N–H and O–H groups in total. The number of pyridine rings is 2. The minimum Gasteiger partial charge on any atom is -0.508 e. The lowest BCUT2D eigenvalue weighted by Gasteiger charge is -2.57. The second-order valence-electron chi connectivity index (χ2n) is 12.3. The van der Waals surface area contributed by atoms with Crippen molar-refractivity contribution < 1.29 is 9.90 Å². The van der Waals surface area contributed by atoms with Gasteiger partial charge in [0, 0.05) is 60.7 Å². The standard InChI is InChI=1S/C31H31N5O2/c1-4-26(38)36-16-31(17-36)7-9-35(15-31)29-23(14-32)27(21-12-19(37)13-25-20(21)6-5-8-33-25)22-10-18-11-24(28(22)34-29)30(18,2)3/h4-6,8,12-13,18,24,37H,1,7,9-11,15-17H2,2-3H3/t18-,24-/m0/s1. The quantitative estimate of drug-likeness (QED) is 0.515. The monoisotopic (exact) mass is 505 g/mol. The number of hydrogen-bond acceptors (Lipinski definition) is 6. The van der Waals surface area contributed by atoms with Gasteiger partial charge in [-0.2, -0.15) is 5.26 Å². The summed E-state index contributed by atoms with van der Waals surface area (Å²) in [5.74, 6) is 1.77. The topological polar surface area (TPSA) is 93.3 Å². The van der Waals surface area contributed by atoms with Crippen LogP contribution in [0.3, 0.4) is 0 Å². The van der Waals surface area contributed by atoms with E-state index in [2.05, 4.69) is 36.4 Å². The first kappa shape index (κ1) is 23.2. The van der Waals surface area contributed by atoms with Crippen molar-refractivity contribution in [3.05, 3.63) is 59.9 Å². The average Bonchev–Trinajstić information content (AvgIpc) is 3.35. The predicted molar refractivity (Wildman–Crippen MR) is 146 cm³/mol. The summed E-state index contributed by atoms with van der Waals surface area (Å²) in [5.41, 5.74) is 5.52. The summed E-state index contributed by atoms with van der Waals surface area (Å²) in [7, 11) is 0. The minimum atomic E-state index is -0.0212. The molecule has 38 heavy (non-hydrogen) atoms. The zero-order valence-electron chi connectivity index (χ0n) is 21.9. The normalized spacial score (nSPS) is 23.9. The molecule has 5 aliphatic rings. The van der Waals surface area contributed by atoms with Gasteiger partial charge in [-0.15, -0.1) is 0 Å². The molecule has 1 amide bonds. The SMILES string of the molecule is C=CC(=O)N1CC2(CCN(c3nc4c(c(-c5cc(O)cc6ncccc56)c3C#N)C[C@H]3C[C@@H]4C3(C)C)C2)C1. The lowest BCUT2D eigenvalue weighted by atomic mass is 9.48. The molecule has 7 heteroatoms. The number of aromatic nitrogens is 2. The average molecular weight is 506 g/mol. The Morgan fingerprint density at radius 2 is 2.11 bits per heavy atom. The number of fused-ring (bicyclic) bond motifs is 1. The number of carbonyl (C=O) groups is 1. The Morgan fingerprint density at radius 3 is 2.84 bits per heavy atom. The van der Waals surface area contributed by atoms with Gasteiger partial charge in [0.05, 0.1) is 11.2 Å². The van der Waals surface area contributed by atoms with E-state index < -0.39 is 0 Å². The Bertz CT molecular complexity index is 1580. The van der Waals surface area contributed by atoms with E-state index in [1.165, 1.54) is 6.08 Å². The number of anilines is 1. The first-order valence-corrected chi connectivity index (χ1v) is 13.5. The van der Waals surface area contributed by atoms with Crippen LogP contribution >= 0.6 is 0 Å². The van der Waals surface area contributed by atoms with Gasteiger partial charge in [0.25, 0.3) is 0 Å². The number of hydrogen-bond donors (Lipinski definition) is 1. The fraction of sp³-hybridized carbons (Fsp3) is 0.419. The predicted octanol–water partition coefficient (Wildman–Crippen LogP) is 4.78. The smallest absolute Gasteiger partial charge is 0.245 e. The molecule has 2 bridgehead atoms. The molecule has 2 aliphatic heterocycles. The largest absolute Gasteiger partial charge is 0.508 e. The zero-order chi connectivity index (χ0) is 26.4. The van der Waals surface area contributed by atoms with Gasteiger partial charge in [-0.3, -0.25) is 9.78 Å². The molecule has 1 saturated carbocycles. The van der Waals surface area contributed by atoms with E-state index in [1.54, 1.807) is 18.3 Å². The van der Waals surface area contributed by atoms with Gasteiger partial charge < -0.3 is 14.9 Å². The molecule has 3 fully saturated rings. The van der Waals surface area contributed by atoms with E-state index >= 15 is 0 Å². The van der Waals surface area contributed by atoms with Crippen molar-refractivity contribution >= 4 is 22.6 Å². The third-order valence-electron chi connectivity index (χ3n) is 9.93. The lowest BCUT2D eigenvalue weighted by molar-refractivity contribution is -0.136. The van der Waals surface area contributed by atoms with E-state index in [4.69, 9.17) is 4.98 Å². The first-order valence-electron chi connectivity index (χ1n) is 13.5. The number of amides is 1. The second-order valence-corrected chi connectivity index (χ2v) is 12.3. The van der Waals surface area contributed by atoms with Gasteiger partial charge in [-0.25, -0.2) is 4.98 Å². The van der Waals surface area contributed by atoms with E-state index in [1.807, 2.05) is 17.0 Å². The van der Waals surface area contributed by atoms with Crippen LogP contribution in [-0.2, 0) is 11.2 Å². The maximum absolute atomic E-state index is 12.1. The van der Waals surface area contributed by atoms with E-state index in [0.29, 0.717) is 36.0 Å². The van der Waals surface area contributed by atoms with Crippen molar-refractivity contribution in [3.8, 4) is 22.9 Å². The Labute approximate surface area is 222 Å². The van der Waals surface area contributed by atoms with Crippen LogP contribution in [0, 0.1) is 28.1 Å². The van der Waals surface area contributed by atoms with Crippen LogP contribution in [0.5, 0.6) is 5.75 Å². The fourth-order valence-electron chi connectivity index (χ4n) is 7.62. The number of phenolic OH excluding ortho intramolecular Hbond substituents is 1. The highest BCUT2D eigenvalue weighted by Crippen LogP contribution is 2.63. The van der Waals surface area contributed by atoms with Crippen LogP contribution in [-0.4, -0.2) is 52.1 Å². The van der Waals surface area contributed by atoms with Crippen molar-refractivity contribution in [3.63, 3.8) is 0 Å². The summed E-state index contributed by atoms with van der Waals surface area (Å²) in [4.78, 5) is 26.0. The molecule has 0 unspecified atom stereocenters. The molecule has 7 nitrogen and oxygen atoms in total. The van der Waals surface area contributed by atoms with Gasteiger partial charge in [-0.1, -0.05) is 26.5 Å². The number of aromatic hydroxyl groups is 1. The summed E-state index contributed by atoms with van der Waals surface area (Å²) in [6.45, 7) is 11.3. The minimum absolute atomic E-state index is 0.0212. The third kappa shape index (κ3) is 3.09. The van der Waals surface area contributed by atoms with Crippen LogP contribution < -0.4 is 4.90 Å². The summed E-state index contributed by atoms with van der Waals surface area (Å²) in [5, 5.41) is 22.2. The summed E-state index contributed by atoms with van der Waals surface area (Å²) in [6, 6.07) is 9.92. The lowest BCUT2D eigenvalue weighted by Crippen LogP contribution is -2.59. The zero-order valence-corrected chi connectivity index (χ0v) is 21.9. The number of carbonyl (C=O) groups excluding carboxylic acids is 1. The maximum Gasteiger partial charge on any atom is 0.245 e. The Morgan fingerprint density at radius 1 is 1.29 bits per heavy atom. The van der Waals surface area contributed by atoms with Crippen LogP contribution in [0.1, 0.15) is 49.4 Å². The molecule has 8 rings (SSSR count). The van der Waals surface area contributed by atoms with E-state index in [-0.39, 0.29) is 22.5 Å². The molecule has 1 aromatic carbocycles. The second kappa shape index (κ2) is 7.80. The van der Waals surface area contributed by atoms with Crippen LogP contribution in [0.2, 0.25) is 0 Å². The van der Waals surface area contributed by atoms with Gasteiger partial charge in [0.15, 0.2) is 0 Å². The van der Waals surface area contributed by atoms with Crippen molar-refractivity contribution in [2.75, 3.05) is 31.1 Å². The summed E-state index contributed by atoms with van der Waals surface area (Å²) < 4.78 is 0. The van der Waals surface area contributed by atoms with E-state index in [0.717, 1.165) is 65.9 Å². The first-order chi connectivity index (χ1) is 18.2. The number of phenols is 1. The van der Waals surface area contributed by atoms with Gasteiger partial charge in [0.2, 0.25) is 5.91 Å². The molecule has 3 aromatic rings. The number of nitrogens with zero attached hydrogens (tertiary/aromatic N) is 5. The molecule has 4 heterocycles. The summed E-state index contributed by atoms with van der Waals surface area (Å²) >= 11 is 0. The van der Waals surface area contributed by atoms with Gasteiger partial charge in [-0.05, 0) is 59.9 Å². The van der Waals surface area contributed by atoms with Crippen LogP contribution in [0.4, 0.5) is 5.82 Å².